The smallest absolute Gasteiger partial charge is 0.408 e. The number of carboxylic acids is 1. The van der Waals surface area contributed by atoms with Crippen LogP contribution >= 0.6 is 0 Å². The molecule has 42 heavy (non-hydrogen) atoms. The van der Waals surface area contributed by atoms with Crippen LogP contribution in [0.3, 0.4) is 0 Å². The Morgan fingerprint density at radius 3 is 2.62 bits per heavy atom. The molecule has 1 aromatic heterocycles. The van der Waals surface area contributed by atoms with Crippen molar-refractivity contribution >= 4 is 28.9 Å². The first-order valence-electron chi connectivity index (χ1n) is 14.7. The molecule has 2 heterocycles. The van der Waals surface area contributed by atoms with Gasteiger partial charge in [0.25, 0.3) is 0 Å². The number of alkyl carbamates (subject to hydrolysis) is 1. The number of H-pyrrole nitrogens is 1. The lowest BCUT2D eigenvalue weighted by atomic mass is 9.51. The van der Waals surface area contributed by atoms with Crippen LogP contribution in [0.2, 0.25) is 0 Å². The van der Waals surface area contributed by atoms with E-state index < -0.39 is 23.7 Å². The molecule has 2 unspecified atom stereocenters. The van der Waals surface area contributed by atoms with E-state index in [9.17, 15) is 23.9 Å². The Labute approximate surface area is 242 Å². The van der Waals surface area contributed by atoms with Gasteiger partial charge in [-0.3, -0.25) is 4.79 Å². The van der Waals surface area contributed by atoms with E-state index in [1.165, 1.54) is 12.1 Å². The predicted octanol–water partition coefficient (Wildman–Crippen LogP) is 2.92. The Balaban J connectivity index is 0.999. The molecule has 4 bridgehead atoms. The van der Waals surface area contributed by atoms with Crippen LogP contribution in [0.5, 0.6) is 0 Å². The topological polar surface area (TPSA) is 127 Å². The average Bonchev–Trinajstić information content (AvgIpc) is 3.54. The molecular formula is C32H34FN4O5-. The van der Waals surface area contributed by atoms with Gasteiger partial charge in [0.2, 0.25) is 5.91 Å². The third-order valence-corrected chi connectivity index (χ3v) is 9.85. The molecule has 4 aliphatic carbocycles. The van der Waals surface area contributed by atoms with Crippen LogP contribution in [0.1, 0.15) is 55.2 Å². The molecule has 9 nitrogen and oxygen atoms in total. The summed E-state index contributed by atoms with van der Waals surface area (Å²) >= 11 is 0. The molecule has 8 rings (SSSR count). The maximum Gasteiger partial charge on any atom is 0.408 e. The van der Waals surface area contributed by atoms with Gasteiger partial charge in [-0.1, -0.05) is 24.3 Å². The molecule has 4 saturated carbocycles. The second kappa shape index (κ2) is 10.1. The summed E-state index contributed by atoms with van der Waals surface area (Å²) in [5.74, 6) is -0.976. The molecule has 3 atom stereocenters. The molecule has 0 spiro atoms. The number of benzene rings is 2. The summed E-state index contributed by atoms with van der Waals surface area (Å²) in [4.78, 5) is 43.2. The second-order valence-electron chi connectivity index (χ2n) is 12.9. The Kier molecular flexibility index (Phi) is 6.49. The number of rotatable bonds is 8. The van der Waals surface area contributed by atoms with E-state index in [0.29, 0.717) is 31.3 Å². The van der Waals surface area contributed by atoms with Gasteiger partial charge in [0.05, 0.1) is 18.6 Å². The van der Waals surface area contributed by atoms with Crippen molar-refractivity contribution in [2.45, 2.75) is 75.2 Å². The highest BCUT2D eigenvalue weighted by atomic mass is 19.1. The third-order valence-electron chi connectivity index (χ3n) is 9.85. The number of halogens is 1. The summed E-state index contributed by atoms with van der Waals surface area (Å²) in [6.45, 7) is 1.03. The number of hydrogen-bond acceptors (Lipinski definition) is 6. The normalized spacial score (nSPS) is 28.1. The molecule has 1 aliphatic heterocycles. The fourth-order valence-corrected chi connectivity index (χ4v) is 8.50. The van der Waals surface area contributed by atoms with Crippen LogP contribution in [0.4, 0.5) is 9.18 Å². The summed E-state index contributed by atoms with van der Waals surface area (Å²) in [5, 5.41) is 19.0. The number of aromatic nitrogens is 1. The number of para-hydroxylation sites is 1. The quantitative estimate of drug-likeness (QED) is 0.381. The number of nitrogens with one attached hydrogen (secondary N) is 3. The highest BCUT2D eigenvalue weighted by molar-refractivity contribution is 5.85. The molecule has 220 valence electrons. The summed E-state index contributed by atoms with van der Waals surface area (Å²) in [5.41, 5.74) is 2.45. The number of carbonyl (C=O) groups is 3. The van der Waals surface area contributed by atoms with Crippen molar-refractivity contribution in [3.05, 3.63) is 71.2 Å². The van der Waals surface area contributed by atoms with Crippen molar-refractivity contribution in [1.82, 2.24) is 20.5 Å². The monoisotopic (exact) mass is 573 g/mol. The zero-order valence-electron chi connectivity index (χ0n) is 23.3. The van der Waals surface area contributed by atoms with Crippen molar-refractivity contribution in [1.29, 1.82) is 0 Å². The van der Waals surface area contributed by atoms with E-state index >= 15 is 0 Å². The first-order chi connectivity index (χ1) is 20.2. The van der Waals surface area contributed by atoms with Crippen LogP contribution in [-0.2, 0) is 33.8 Å². The van der Waals surface area contributed by atoms with Gasteiger partial charge in [0.15, 0.2) is 0 Å². The van der Waals surface area contributed by atoms with E-state index in [2.05, 4.69) is 15.6 Å². The van der Waals surface area contributed by atoms with Gasteiger partial charge in [-0.25, -0.2) is 9.18 Å². The summed E-state index contributed by atoms with van der Waals surface area (Å²) in [6.07, 6.45) is 6.02. The van der Waals surface area contributed by atoms with Gasteiger partial charge in [-0.05, 0) is 78.8 Å². The van der Waals surface area contributed by atoms with Crippen molar-refractivity contribution in [2.75, 3.05) is 6.54 Å². The standard InChI is InChI=1S/C32H35FN4O5/c33-24-6-5-21-16-37(17-23(21)8-24)28(38)15-35-31-10-19-7-20(11-31)13-32(12-19,18-31)42-30(41)36-27(29(39)40)9-22-14-34-26-4-2-1-3-25(22)26/h1-6,8,14,19-20,27,34-35H,7,9-13,15-18H2,(H,36,41)(H,39,40)/p-1/t19?,20?,27-,31?,32?/m0/s1. The number of carboxylic acid groups (broad SMARTS) is 1. The van der Waals surface area contributed by atoms with Crippen molar-refractivity contribution < 1.29 is 28.6 Å². The van der Waals surface area contributed by atoms with Gasteiger partial charge in [0, 0.05) is 48.6 Å². The molecule has 3 N–H and O–H groups in total. The zero-order chi connectivity index (χ0) is 29.1. The van der Waals surface area contributed by atoms with Crippen LogP contribution in [-0.4, -0.2) is 51.6 Å². The first kappa shape index (κ1) is 26.9. The number of hydrogen-bond donors (Lipinski definition) is 3. The van der Waals surface area contributed by atoms with Crippen LogP contribution in [0, 0.1) is 17.7 Å². The van der Waals surface area contributed by atoms with Gasteiger partial charge in [-0.2, -0.15) is 0 Å². The highest BCUT2D eigenvalue weighted by Crippen LogP contribution is 2.59. The van der Waals surface area contributed by atoms with E-state index in [1.807, 2.05) is 24.3 Å². The second-order valence-corrected chi connectivity index (χ2v) is 12.9. The molecular weight excluding hydrogens is 539 g/mol. The average molecular weight is 574 g/mol. The molecule has 10 heteroatoms. The van der Waals surface area contributed by atoms with Crippen molar-refractivity contribution in [3.63, 3.8) is 0 Å². The largest absolute Gasteiger partial charge is 0.548 e. The predicted molar refractivity (Wildman–Crippen MR) is 149 cm³/mol. The van der Waals surface area contributed by atoms with Gasteiger partial charge < -0.3 is 35.2 Å². The van der Waals surface area contributed by atoms with Crippen LogP contribution in [0.25, 0.3) is 10.9 Å². The number of ether oxygens (including phenoxy) is 1. The maximum atomic E-state index is 13.6. The minimum absolute atomic E-state index is 0.0378. The van der Waals surface area contributed by atoms with Crippen molar-refractivity contribution in [3.8, 4) is 0 Å². The Morgan fingerprint density at radius 2 is 1.83 bits per heavy atom. The summed E-state index contributed by atoms with van der Waals surface area (Å²) < 4.78 is 19.8. The SMILES string of the molecule is O=C(N[C@@H](Cc1c[nH]c2ccccc12)C(=O)[O-])OC12CC3CC(CC(NCC(=O)N4Cc5ccc(F)cc5C4)(C3)C1)C2. The van der Waals surface area contributed by atoms with Gasteiger partial charge >= 0.3 is 6.09 Å². The van der Waals surface area contributed by atoms with Crippen LogP contribution in [0.15, 0.2) is 48.7 Å². The number of fused-ring (bicyclic) bond motifs is 2. The lowest BCUT2D eigenvalue weighted by Crippen LogP contribution is -2.66. The summed E-state index contributed by atoms with van der Waals surface area (Å²) in [6, 6.07) is 11.0. The molecule has 3 aromatic rings. The van der Waals surface area contributed by atoms with Gasteiger partial charge in [-0.15, -0.1) is 0 Å². The summed E-state index contributed by atoms with van der Waals surface area (Å²) in [7, 11) is 0. The Hall–Kier alpha value is -3.92. The molecule has 5 aliphatic rings. The van der Waals surface area contributed by atoms with E-state index in [0.717, 1.165) is 59.7 Å². The van der Waals surface area contributed by atoms with E-state index in [4.69, 9.17) is 4.74 Å². The number of carbonyl (C=O) groups excluding carboxylic acids is 3. The highest BCUT2D eigenvalue weighted by Gasteiger charge is 2.59. The molecule has 4 fully saturated rings. The molecule has 0 saturated heterocycles. The third kappa shape index (κ3) is 5.02. The lowest BCUT2D eigenvalue weighted by Gasteiger charge is -2.61. The zero-order valence-corrected chi connectivity index (χ0v) is 23.3. The van der Waals surface area contributed by atoms with Crippen LogP contribution < -0.4 is 15.7 Å². The van der Waals surface area contributed by atoms with Gasteiger partial charge in [0.1, 0.15) is 11.4 Å². The minimum Gasteiger partial charge on any atom is -0.548 e. The number of amides is 2. The molecule has 2 aromatic carbocycles. The Bertz CT molecular complexity index is 1560. The Morgan fingerprint density at radius 1 is 1.07 bits per heavy atom. The van der Waals surface area contributed by atoms with Crippen molar-refractivity contribution in [2.24, 2.45) is 11.8 Å². The number of nitrogens with zero attached hydrogens (tertiary/aromatic N) is 1. The fraction of sp³-hybridized carbons (Fsp3) is 0.469. The minimum atomic E-state index is -1.37. The fourth-order valence-electron chi connectivity index (χ4n) is 8.50. The number of aliphatic carboxylic acids is 1. The lowest BCUT2D eigenvalue weighted by molar-refractivity contribution is -0.308. The number of aromatic amines is 1. The van der Waals surface area contributed by atoms with E-state index in [1.54, 1.807) is 17.2 Å². The first-order valence-corrected chi connectivity index (χ1v) is 14.7. The molecule has 2 amide bonds. The van der Waals surface area contributed by atoms with E-state index in [-0.39, 0.29) is 30.2 Å². The molecule has 0 radical (unpaired) electrons. The maximum absolute atomic E-state index is 13.6.